The SMILES string of the molecule is CCNC(=NCc1cccc(-n2cccn2)c1)NCCc1csc(C)n1. The van der Waals surface area contributed by atoms with Gasteiger partial charge in [-0.1, -0.05) is 12.1 Å². The Morgan fingerprint density at radius 2 is 2.19 bits per heavy atom. The molecule has 0 saturated carbocycles. The molecule has 7 heteroatoms. The minimum Gasteiger partial charge on any atom is -0.357 e. The van der Waals surface area contributed by atoms with Gasteiger partial charge in [-0.25, -0.2) is 14.7 Å². The predicted octanol–water partition coefficient (Wildman–Crippen LogP) is 2.94. The van der Waals surface area contributed by atoms with E-state index in [0.717, 1.165) is 47.4 Å². The molecule has 136 valence electrons. The highest BCUT2D eigenvalue weighted by Gasteiger charge is 2.02. The lowest BCUT2D eigenvalue weighted by molar-refractivity contribution is 0.789. The summed E-state index contributed by atoms with van der Waals surface area (Å²) in [6, 6.07) is 10.2. The van der Waals surface area contributed by atoms with Gasteiger partial charge in [-0.15, -0.1) is 11.3 Å². The van der Waals surface area contributed by atoms with Crippen LogP contribution in [0.25, 0.3) is 5.69 Å². The molecule has 0 bridgehead atoms. The molecule has 0 unspecified atom stereocenters. The minimum atomic E-state index is 0.611. The van der Waals surface area contributed by atoms with E-state index in [1.807, 2.05) is 36.0 Å². The van der Waals surface area contributed by atoms with E-state index in [9.17, 15) is 0 Å². The summed E-state index contributed by atoms with van der Waals surface area (Å²) in [5, 5.41) is 14.2. The summed E-state index contributed by atoms with van der Waals surface area (Å²) >= 11 is 1.69. The quantitative estimate of drug-likeness (QED) is 0.497. The van der Waals surface area contributed by atoms with Gasteiger partial charge in [0.05, 0.1) is 22.9 Å². The number of thiazole rings is 1. The van der Waals surface area contributed by atoms with Gasteiger partial charge in [-0.2, -0.15) is 5.10 Å². The van der Waals surface area contributed by atoms with Crippen LogP contribution in [0.1, 0.15) is 23.2 Å². The third-order valence-corrected chi connectivity index (χ3v) is 4.61. The predicted molar refractivity (Wildman–Crippen MR) is 107 cm³/mol. The Hall–Kier alpha value is -2.67. The van der Waals surface area contributed by atoms with Crippen LogP contribution in [-0.4, -0.2) is 33.8 Å². The Bertz CT molecular complexity index is 837. The van der Waals surface area contributed by atoms with Crippen LogP contribution < -0.4 is 10.6 Å². The molecule has 2 heterocycles. The van der Waals surface area contributed by atoms with Crippen molar-refractivity contribution in [3.05, 3.63) is 64.4 Å². The average Bonchev–Trinajstić information content (AvgIpc) is 3.32. The van der Waals surface area contributed by atoms with E-state index >= 15 is 0 Å². The minimum absolute atomic E-state index is 0.611. The topological polar surface area (TPSA) is 67.1 Å². The second-order valence-corrected chi connectivity index (χ2v) is 6.91. The Morgan fingerprint density at radius 3 is 2.92 bits per heavy atom. The lowest BCUT2D eigenvalue weighted by atomic mass is 10.2. The molecule has 3 aromatic rings. The van der Waals surface area contributed by atoms with Crippen molar-refractivity contribution in [1.82, 2.24) is 25.4 Å². The fourth-order valence-electron chi connectivity index (χ4n) is 2.56. The Morgan fingerprint density at radius 1 is 1.27 bits per heavy atom. The summed E-state index contributed by atoms with van der Waals surface area (Å²) in [5.41, 5.74) is 3.31. The largest absolute Gasteiger partial charge is 0.357 e. The van der Waals surface area contributed by atoms with Crippen molar-refractivity contribution >= 4 is 17.3 Å². The first-order valence-electron chi connectivity index (χ1n) is 8.76. The molecule has 0 saturated heterocycles. The number of hydrogen-bond donors (Lipinski definition) is 2. The van der Waals surface area contributed by atoms with E-state index < -0.39 is 0 Å². The van der Waals surface area contributed by atoms with Gasteiger partial charge in [0, 0.05) is 37.3 Å². The van der Waals surface area contributed by atoms with Gasteiger partial charge in [0.2, 0.25) is 0 Å². The summed E-state index contributed by atoms with van der Waals surface area (Å²) in [6.45, 7) is 6.35. The van der Waals surface area contributed by atoms with E-state index in [1.165, 1.54) is 0 Å². The number of aryl methyl sites for hydroxylation is 1. The van der Waals surface area contributed by atoms with Crippen LogP contribution in [0.3, 0.4) is 0 Å². The first kappa shape index (κ1) is 18.1. The second-order valence-electron chi connectivity index (χ2n) is 5.85. The summed E-state index contributed by atoms with van der Waals surface area (Å²) in [6.07, 6.45) is 4.61. The normalized spacial score (nSPS) is 11.5. The average molecular weight is 369 g/mol. The van der Waals surface area contributed by atoms with E-state index in [4.69, 9.17) is 0 Å². The number of nitrogens with one attached hydrogen (secondary N) is 2. The van der Waals surface area contributed by atoms with Gasteiger partial charge in [0.25, 0.3) is 0 Å². The first-order chi connectivity index (χ1) is 12.7. The molecular weight excluding hydrogens is 344 g/mol. The van der Waals surface area contributed by atoms with E-state index in [0.29, 0.717) is 6.54 Å². The van der Waals surface area contributed by atoms with Gasteiger partial charge in [-0.05, 0) is 37.6 Å². The number of aromatic nitrogens is 3. The monoisotopic (exact) mass is 368 g/mol. The molecule has 0 spiro atoms. The van der Waals surface area contributed by atoms with Gasteiger partial charge in [-0.3, -0.25) is 0 Å². The zero-order valence-electron chi connectivity index (χ0n) is 15.1. The summed E-state index contributed by atoms with van der Waals surface area (Å²) in [5.74, 6) is 0.823. The van der Waals surface area contributed by atoms with Crippen LogP contribution in [0.4, 0.5) is 0 Å². The molecule has 0 atom stereocenters. The standard InChI is InChI=1S/C19H24N6S/c1-3-20-19(21-10-8-17-14-26-15(2)24-17)22-13-16-6-4-7-18(12-16)25-11-5-9-23-25/h4-7,9,11-12,14H,3,8,10,13H2,1-2H3,(H2,20,21,22). The number of hydrogen-bond acceptors (Lipinski definition) is 4. The maximum absolute atomic E-state index is 4.69. The molecule has 2 aromatic heterocycles. The second kappa shape index (κ2) is 9.15. The molecule has 0 aliphatic rings. The van der Waals surface area contributed by atoms with Crippen molar-refractivity contribution in [2.75, 3.05) is 13.1 Å². The van der Waals surface area contributed by atoms with Crippen molar-refractivity contribution in [3.8, 4) is 5.69 Å². The fraction of sp³-hybridized carbons (Fsp3) is 0.316. The number of guanidine groups is 1. The van der Waals surface area contributed by atoms with Gasteiger partial charge in [0.15, 0.2) is 5.96 Å². The molecule has 6 nitrogen and oxygen atoms in total. The first-order valence-corrected chi connectivity index (χ1v) is 9.64. The molecule has 0 aliphatic heterocycles. The zero-order valence-corrected chi connectivity index (χ0v) is 16.0. The Kier molecular flexibility index (Phi) is 6.38. The van der Waals surface area contributed by atoms with Crippen molar-refractivity contribution in [3.63, 3.8) is 0 Å². The molecule has 3 rings (SSSR count). The third-order valence-electron chi connectivity index (χ3n) is 3.78. The maximum atomic E-state index is 4.69. The highest BCUT2D eigenvalue weighted by molar-refractivity contribution is 7.09. The highest BCUT2D eigenvalue weighted by atomic mass is 32.1. The fourth-order valence-corrected chi connectivity index (χ4v) is 3.21. The molecule has 0 aliphatic carbocycles. The van der Waals surface area contributed by atoms with Crippen molar-refractivity contribution < 1.29 is 0 Å². The zero-order chi connectivity index (χ0) is 18.2. The molecule has 0 amide bonds. The van der Waals surface area contributed by atoms with Crippen LogP contribution in [0.5, 0.6) is 0 Å². The van der Waals surface area contributed by atoms with Crippen molar-refractivity contribution in [1.29, 1.82) is 0 Å². The molecule has 1 aromatic carbocycles. The van der Waals surface area contributed by atoms with Crippen LogP contribution >= 0.6 is 11.3 Å². The van der Waals surface area contributed by atoms with E-state index in [-0.39, 0.29) is 0 Å². The van der Waals surface area contributed by atoms with Gasteiger partial charge in [0.1, 0.15) is 0 Å². The molecule has 2 N–H and O–H groups in total. The number of aliphatic imine (C=N–C) groups is 1. The molecule has 0 radical (unpaired) electrons. The maximum Gasteiger partial charge on any atom is 0.191 e. The van der Waals surface area contributed by atoms with Gasteiger partial charge >= 0.3 is 0 Å². The molecule has 26 heavy (non-hydrogen) atoms. The summed E-state index contributed by atoms with van der Waals surface area (Å²) in [7, 11) is 0. The lowest BCUT2D eigenvalue weighted by Gasteiger charge is -2.11. The summed E-state index contributed by atoms with van der Waals surface area (Å²) < 4.78 is 1.85. The van der Waals surface area contributed by atoms with Crippen LogP contribution in [0, 0.1) is 6.92 Å². The smallest absolute Gasteiger partial charge is 0.191 e. The molecular formula is C19H24N6S. The number of rotatable bonds is 7. The van der Waals surface area contributed by atoms with Crippen LogP contribution in [-0.2, 0) is 13.0 Å². The Labute approximate surface area is 158 Å². The van der Waals surface area contributed by atoms with Crippen molar-refractivity contribution in [2.24, 2.45) is 4.99 Å². The number of nitrogens with zero attached hydrogens (tertiary/aromatic N) is 4. The third kappa shape index (κ3) is 5.16. The number of benzene rings is 1. The highest BCUT2D eigenvalue weighted by Crippen LogP contribution is 2.10. The van der Waals surface area contributed by atoms with Crippen molar-refractivity contribution in [2.45, 2.75) is 26.8 Å². The van der Waals surface area contributed by atoms with Crippen LogP contribution in [0.2, 0.25) is 0 Å². The molecule has 0 fully saturated rings. The Balaban J connectivity index is 1.59. The van der Waals surface area contributed by atoms with Crippen LogP contribution in [0.15, 0.2) is 53.1 Å². The lowest BCUT2D eigenvalue weighted by Crippen LogP contribution is -2.38. The van der Waals surface area contributed by atoms with E-state index in [2.05, 4.69) is 50.1 Å². The summed E-state index contributed by atoms with van der Waals surface area (Å²) in [4.78, 5) is 9.18. The van der Waals surface area contributed by atoms with Gasteiger partial charge < -0.3 is 10.6 Å². The van der Waals surface area contributed by atoms with E-state index in [1.54, 1.807) is 17.5 Å².